The van der Waals surface area contributed by atoms with E-state index in [9.17, 15) is 57.7 Å². The molecule has 308 valence electrons. The number of primary amides is 1. The van der Waals surface area contributed by atoms with Gasteiger partial charge >= 0.3 is 17.9 Å². The maximum atomic E-state index is 12.4. The van der Waals surface area contributed by atoms with Crippen molar-refractivity contribution in [1.82, 2.24) is 26.6 Å². The highest BCUT2D eigenvalue weighted by Crippen LogP contribution is 2.13. The molecule has 0 aliphatic heterocycles. The lowest BCUT2D eigenvalue weighted by atomic mass is 10.0. The summed E-state index contributed by atoms with van der Waals surface area (Å²) >= 11 is 0. The molecule has 0 aliphatic carbocycles. The van der Waals surface area contributed by atoms with Crippen LogP contribution >= 0.6 is 0 Å². The van der Waals surface area contributed by atoms with Crippen LogP contribution in [0, 0.1) is 22.9 Å². The van der Waals surface area contributed by atoms with Crippen LogP contribution in [-0.4, -0.2) is 106 Å². The number of aliphatic carboxylic acids is 3. The Morgan fingerprint density at radius 1 is 0.696 bits per heavy atom. The molecule has 0 radical (unpaired) electrons. The zero-order valence-corrected chi connectivity index (χ0v) is 30.8. The molecule has 21 nitrogen and oxygen atoms in total. The van der Waals surface area contributed by atoms with Gasteiger partial charge in [-0.15, -0.1) is 0 Å². The summed E-state index contributed by atoms with van der Waals surface area (Å²) in [7, 11) is 0. The van der Waals surface area contributed by atoms with Gasteiger partial charge in [-0.2, -0.15) is 0 Å². The van der Waals surface area contributed by atoms with E-state index in [1.54, 1.807) is 32.9 Å². The fourth-order valence-corrected chi connectivity index (χ4v) is 3.26. The van der Waals surface area contributed by atoms with Gasteiger partial charge in [0.1, 0.15) is 11.9 Å². The van der Waals surface area contributed by atoms with Crippen molar-refractivity contribution in [3.05, 3.63) is 75.6 Å². The van der Waals surface area contributed by atoms with Crippen LogP contribution in [0.2, 0.25) is 0 Å². The smallest absolute Gasteiger partial charge is 0.303 e. The molecule has 2 aromatic carbocycles. The standard InChI is InChI=1S/C21H27N7O10.C7H7F.2C3H6O2/c22-15(29)8-26-21(36)14(7-12-1-3-13(4-2-12)28(37)38)27-19(33)11-25-18(32)10-24-17(31)9-23-16(30)5-6-20(34)35;1-6-4-2-3-5-7(6)8;2*1-2-3(4)5/h1-4,14H,5-11H2,(H2,22,29)(H,23,30)(H,24,31)(H,25,32)(H,26,36)(H,27,33)(H,34,35);2-5H,1H3;2*2H2,1H3,(H,4,5). The highest BCUT2D eigenvalue weighted by molar-refractivity contribution is 5.93. The Morgan fingerprint density at radius 3 is 1.55 bits per heavy atom. The quantitative estimate of drug-likeness (QED) is 0.0681. The van der Waals surface area contributed by atoms with E-state index in [-0.39, 0.29) is 37.2 Å². The van der Waals surface area contributed by atoms with E-state index in [1.807, 2.05) is 6.07 Å². The fourth-order valence-electron chi connectivity index (χ4n) is 3.26. The van der Waals surface area contributed by atoms with Crippen molar-refractivity contribution in [2.75, 3.05) is 26.2 Å². The lowest BCUT2D eigenvalue weighted by Gasteiger charge is -2.18. The average molecular weight is 796 g/mol. The molecule has 6 amide bonds. The van der Waals surface area contributed by atoms with Gasteiger partial charge in [0, 0.05) is 37.8 Å². The minimum Gasteiger partial charge on any atom is -0.481 e. The van der Waals surface area contributed by atoms with Gasteiger partial charge in [-0.3, -0.25) is 53.3 Å². The SMILES string of the molecule is CCC(=O)O.CCC(=O)O.Cc1ccccc1F.NC(=O)CNC(=O)C(Cc1ccc([N+](=O)[O-])cc1)NC(=O)CNC(=O)CNC(=O)CNC(=O)CCC(=O)O. The number of rotatable bonds is 18. The van der Waals surface area contributed by atoms with Gasteiger partial charge < -0.3 is 47.6 Å². The molecule has 0 bridgehead atoms. The van der Waals surface area contributed by atoms with Crippen LogP contribution in [0.15, 0.2) is 48.5 Å². The summed E-state index contributed by atoms with van der Waals surface area (Å²) < 4.78 is 12.3. The molecule has 0 spiro atoms. The van der Waals surface area contributed by atoms with E-state index in [1.165, 1.54) is 30.3 Å². The number of amides is 6. The molecule has 22 heteroatoms. The molecular formula is C34H46FN7O14. The molecule has 0 aliphatic rings. The van der Waals surface area contributed by atoms with Crippen molar-refractivity contribution in [2.45, 2.75) is 58.9 Å². The Morgan fingerprint density at radius 2 is 1.16 bits per heavy atom. The Bertz CT molecular complexity index is 1620. The number of carboxylic acid groups (broad SMARTS) is 3. The Balaban J connectivity index is 0. The summed E-state index contributed by atoms with van der Waals surface area (Å²) in [6.07, 6.45) is -0.375. The number of nitrogens with zero attached hydrogens (tertiary/aromatic N) is 1. The summed E-state index contributed by atoms with van der Waals surface area (Å²) in [4.78, 5) is 110. The highest BCUT2D eigenvalue weighted by atomic mass is 19.1. The number of nitrogens with one attached hydrogen (secondary N) is 5. The van der Waals surface area contributed by atoms with E-state index < -0.39 is 96.9 Å². The number of nitrogens with two attached hydrogens (primary N) is 1. The molecule has 0 fully saturated rings. The number of aryl methyl sites for hydroxylation is 1. The monoisotopic (exact) mass is 795 g/mol. The molecule has 0 saturated carbocycles. The number of benzene rings is 2. The van der Waals surface area contributed by atoms with Crippen molar-refractivity contribution in [3.63, 3.8) is 0 Å². The number of non-ortho nitro benzene ring substituents is 1. The summed E-state index contributed by atoms with van der Waals surface area (Å²) in [6, 6.07) is 10.7. The number of hydrogen-bond acceptors (Lipinski definition) is 11. The lowest BCUT2D eigenvalue weighted by Crippen LogP contribution is -2.52. The molecule has 1 unspecified atom stereocenters. The minimum atomic E-state index is -1.22. The van der Waals surface area contributed by atoms with Crippen LogP contribution < -0.4 is 32.3 Å². The van der Waals surface area contributed by atoms with E-state index in [2.05, 4.69) is 26.6 Å². The molecule has 2 aromatic rings. The zero-order chi connectivity index (χ0) is 43.2. The molecule has 0 aromatic heterocycles. The number of carbonyl (C=O) groups excluding carboxylic acids is 6. The maximum Gasteiger partial charge on any atom is 0.303 e. The van der Waals surface area contributed by atoms with Crippen LogP contribution in [0.1, 0.15) is 50.7 Å². The van der Waals surface area contributed by atoms with Gasteiger partial charge in [0.25, 0.3) is 5.69 Å². The van der Waals surface area contributed by atoms with Gasteiger partial charge in [-0.1, -0.05) is 44.2 Å². The second-order valence-electron chi connectivity index (χ2n) is 10.9. The molecule has 0 heterocycles. The van der Waals surface area contributed by atoms with Gasteiger partial charge in [0.2, 0.25) is 35.4 Å². The van der Waals surface area contributed by atoms with E-state index >= 15 is 0 Å². The van der Waals surface area contributed by atoms with Gasteiger partial charge in [0.05, 0.1) is 37.5 Å². The van der Waals surface area contributed by atoms with Crippen LogP contribution in [0.25, 0.3) is 0 Å². The molecule has 56 heavy (non-hydrogen) atoms. The first kappa shape index (κ1) is 51.1. The fraction of sp³-hybridized carbons (Fsp3) is 0.382. The van der Waals surface area contributed by atoms with Gasteiger partial charge in [-0.25, -0.2) is 4.39 Å². The maximum absolute atomic E-state index is 12.4. The Hall–Kier alpha value is -7.00. The van der Waals surface area contributed by atoms with Crippen LogP contribution in [0.3, 0.4) is 0 Å². The largest absolute Gasteiger partial charge is 0.481 e. The number of halogens is 1. The van der Waals surface area contributed by atoms with Crippen molar-refractivity contribution < 1.29 is 67.8 Å². The van der Waals surface area contributed by atoms with E-state index in [0.717, 1.165) is 0 Å². The van der Waals surface area contributed by atoms with Crippen molar-refractivity contribution in [2.24, 2.45) is 5.73 Å². The Labute approximate surface area is 319 Å². The number of hydrogen-bond donors (Lipinski definition) is 9. The lowest BCUT2D eigenvalue weighted by molar-refractivity contribution is -0.384. The highest BCUT2D eigenvalue weighted by Gasteiger charge is 2.22. The second kappa shape index (κ2) is 29.5. The van der Waals surface area contributed by atoms with Crippen molar-refractivity contribution in [3.8, 4) is 0 Å². The topological polar surface area (TPSA) is 344 Å². The van der Waals surface area contributed by atoms with Crippen LogP contribution in [-0.2, 0) is 49.6 Å². The molecule has 2 rings (SSSR count). The number of nitro groups is 1. The third kappa shape index (κ3) is 28.6. The van der Waals surface area contributed by atoms with Crippen LogP contribution in [0.4, 0.5) is 10.1 Å². The number of carboxylic acids is 3. The normalized spacial score (nSPS) is 10.0. The molecule has 0 saturated heterocycles. The van der Waals surface area contributed by atoms with E-state index in [0.29, 0.717) is 11.1 Å². The molecule has 10 N–H and O–H groups in total. The first-order valence-electron chi connectivity index (χ1n) is 16.5. The third-order valence-corrected chi connectivity index (χ3v) is 6.26. The van der Waals surface area contributed by atoms with Crippen LogP contribution in [0.5, 0.6) is 0 Å². The number of nitro benzene ring substituents is 1. The molecule has 1 atom stereocenters. The average Bonchev–Trinajstić information content (AvgIpc) is 3.15. The molecular weight excluding hydrogens is 749 g/mol. The third-order valence-electron chi connectivity index (χ3n) is 6.26. The predicted molar refractivity (Wildman–Crippen MR) is 194 cm³/mol. The second-order valence-corrected chi connectivity index (χ2v) is 10.9. The first-order valence-corrected chi connectivity index (χ1v) is 16.5. The zero-order valence-electron chi connectivity index (χ0n) is 30.8. The van der Waals surface area contributed by atoms with Gasteiger partial charge in [-0.05, 0) is 24.1 Å². The summed E-state index contributed by atoms with van der Waals surface area (Å²) in [6.45, 7) is 2.84. The Kier molecular flexibility index (Phi) is 26.9. The van der Waals surface area contributed by atoms with Crippen molar-refractivity contribution in [1.29, 1.82) is 0 Å². The summed E-state index contributed by atoms with van der Waals surface area (Å²) in [5, 5.41) is 45.9. The van der Waals surface area contributed by atoms with E-state index in [4.69, 9.17) is 21.1 Å². The number of carbonyl (C=O) groups is 9. The van der Waals surface area contributed by atoms with Gasteiger partial charge in [0.15, 0.2) is 0 Å². The summed E-state index contributed by atoms with van der Waals surface area (Å²) in [5.74, 6) is -7.34. The predicted octanol–water partition coefficient (Wildman–Crippen LogP) is -0.467. The van der Waals surface area contributed by atoms with Crippen molar-refractivity contribution >= 4 is 59.0 Å². The minimum absolute atomic E-state index is 0.101. The first-order chi connectivity index (χ1) is 26.2. The summed E-state index contributed by atoms with van der Waals surface area (Å²) in [5.41, 5.74) is 5.98.